The summed E-state index contributed by atoms with van der Waals surface area (Å²) in [5.74, 6) is 2.43. The molecule has 0 aromatic carbocycles. The Morgan fingerprint density at radius 1 is 0.806 bits per heavy atom. The number of carbonyl (C=O) groups is 1. The molecule has 1 amide bonds. The number of nitriles is 1. The summed E-state index contributed by atoms with van der Waals surface area (Å²) in [5.41, 5.74) is 0.345. The Morgan fingerprint density at radius 2 is 1.37 bits per heavy atom. The van der Waals surface area contributed by atoms with Crippen LogP contribution in [-0.2, 0) is 4.74 Å². The van der Waals surface area contributed by atoms with Gasteiger partial charge in [-0.25, -0.2) is 42.9 Å². The number of carbonyl (C=O) groups excluding carboxylic acids is 1. The summed E-state index contributed by atoms with van der Waals surface area (Å²) in [6.45, 7) is 6.67. The number of nitrogens with one attached hydrogen (secondary N) is 1. The van der Waals surface area contributed by atoms with Gasteiger partial charge in [-0.3, -0.25) is 14.5 Å². The first-order chi connectivity index (χ1) is 28.9. The predicted molar refractivity (Wildman–Crippen MR) is 242 cm³/mol. The summed E-state index contributed by atoms with van der Waals surface area (Å²) in [7, 11) is 0. The third-order valence-electron chi connectivity index (χ3n) is 10.2. The molecule has 2 atom stereocenters. The number of likely N-dealkylation sites (tertiary alicyclic amines) is 1. The number of pyridine rings is 2. The van der Waals surface area contributed by atoms with E-state index < -0.39 is 17.7 Å². The van der Waals surface area contributed by atoms with E-state index in [-0.39, 0.29) is 55.2 Å². The van der Waals surface area contributed by atoms with E-state index in [9.17, 15) is 19.6 Å². The second-order valence-corrected chi connectivity index (χ2v) is 15.8. The fourth-order valence-corrected chi connectivity index (χ4v) is 7.75. The van der Waals surface area contributed by atoms with E-state index >= 15 is 0 Å². The first kappa shape index (κ1) is 43.7. The minimum Gasteiger partial charge on any atom is -0.444 e. The van der Waals surface area contributed by atoms with Crippen LogP contribution < -0.4 is 16.0 Å². The molecule has 0 saturated carbocycles. The maximum Gasteiger partial charge on any atom is 0.410 e. The molecule has 318 valence electrons. The second-order valence-electron chi connectivity index (χ2n) is 15.0. The average Bonchev–Trinajstić information content (AvgIpc) is 3.91. The summed E-state index contributed by atoms with van der Waals surface area (Å²) in [5, 5.41) is 20.1. The number of aromatic amines is 1. The fraction of sp³-hybridized carbons (Fsp3) is 0.250. The number of aromatic nitrogens is 11. The Bertz CT molecular complexity index is 3120. The van der Waals surface area contributed by atoms with Crippen molar-refractivity contribution in [2.45, 2.75) is 51.3 Å². The average molecular weight is 914 g/mol. The van der Waals surface area contributed by atoms with Crippen molar-refractivity contribution in [2.24, 2.45) is 0 Å². The van der Waals surface area contributed by atoms with Crippen molar-refractivity contribution in [1.82, 2.24) is 58.2 Å². The highest BCUT2D eigenvalue weighted by Gasteiger charge is 2.40. The van der Waals surface area contributed by atoms with Crippen LogP contribution in [0.2, 0.25) is 10.0 Å². The number of amides is 1. The van der Waals surface area contributed by atoms with Gasteiger partial charge in [0.2, 0.25) is 0 Å². The highest BCUT2D eigenvalue weighted by atomic mass is 35.5. The van der Waals surface area contributed by atoms with Gasteiger partial charge >= 0.3 is 6.09 Å². The van der Waals surface area contributed by atoms with Crippen LogP contribution in [0.3, 0.4) is 0 Å². The zero-order chi connectivity index (χ0) is 41.9. The first-order valence-corrected chi connectivity index (χ1v) is 19.6. The molecule has 62 heavy (non-hydrogen) atoms. The van der Waals surface area contributed by atoms with Crippen LogP contribution in [0.1, 0.15) is 62.9 Å². The lowest BCUT2D eigenvalue weighted by Gasteiger charge is -2.42. The van der Waals surface area contributed by atoms with Gasteiger partial charge in [0.15, 0.2) is 11.6 Å². The minimum atomic E-state index is -0.608. The van der Waals surface area contributed by atoms with E-state index in [2.05, 4.69) is 36.1 Å². The van der Waals surface area contributed by atoms with Crippen molar-refractivity contribution in [2.75, 3.05) is 18.0 Å². The third-order valence-corrected chi connectivity index (χ3v) is 10.8. The van der Waals surface area contributed by atoms with E-state index in [4.69, 9.17) is 33.0 Å². The zero-order valence-electron chi connectivity index (χ0n) is 33.3. The molecule has 0 radical (unpaired) electrons. The van der Waals surface area contributed by atoms with Crippen molar-refractivity contribution in [3.8, 4) is 17.7 Å². The molecule has 0 bridgehead atoms. The third kappa shape index (κ3) is 7.61. The summed E-state index contributed by atoms with van der Waals surface area (Å²) in [6.07, 6.45) is 10.6. The Morgan fingerprint density at radius 3 is 1.84 bits per heavy atom. The lowest BCUT2D eigenvalue weighted by Crippen LogP contribution is -2.49. The molecule has 22 heteroatoms. The Labute approximate surface area is 376 Å². The standard InChI is InChI=1S/C21H14ClN9O.C19H20ClN5O3.2H2S/c22-13-4-8-30-17(13)21(32)31(15-3-1-2-6-24-15)19(28-30)14-5-7-29(14)20-16-12(9-23)10-25-18(16)26-11-27-20;1-19(2,3)28-18(27)23-10-8-13(23)16-22-24-11-7-12(20)15(24)17(26)25(16)14-6-4-5-9-21-14;;/h1-4,6,8,10-11,14H,5,7H2,(H,25,26,27);4-7,9,11,13H,8,10H2,1-3H3;2*1H2. The van der Waals surface area contributed by atoms with E-state index in [1.54, 1.807) is 78.3 Å². The molecule has 2 unspecified atom stereocenters. The molecule has 8 aromatic rings. The Hall–Kier alpha value is -6.40. The number of rotatable bonds is 5. The molecule has 2 saturated heterocycles. The van der Waals surface area contributed by atoms with Crippen LogP contribution in [0.25, 0.3) is 33.7 Å². The number of hydrogen-bond acceptors (Lipinski definition) is 12. The number of nitrogens with zero attached hydrogens (tertiary/aromatic N) is 13. The minimum absolute atomic E-state index is 0. The van der Waals surface area contributed by atoms with E-state index in [1.807, 2.05) is 31.7 Å². The maximum absolute atomic E-state index is 13.5. The smallest absolute Gasteiger partial charge is 0.410 e. The molecule has 10 rings (SSSR count). The van der Waals surface area contributed by atoms with Gasteiger partial charge in [0.05, 0.1) is 33.1 Å². The Balaban J connectivity index is 0.000000182. The summed E-state index contributed by atoms with van der Waals surface area (Å²) in [4.78, 5) is 63.2. The SMILES string of the molecule is CC(C)(C)OC(=O)N1CCC1c1nn2ccc(Cl)c2c(=O)n1-c1ccccn1.N#Cc1c[nH]c2ncnc(N3CCC3c3nn4ccc(Cl)c4c(=O)n3-c3ccccn3)c12.S.S. The van der Waals surface area contributed by atoms with Crippen LogP contribution in [0, 0.1) is 11.3 Å². The van der Waals surface area contributed by atoms with Crippen LogP contribution in [0.15, 0.2) is 95.4 Å². The number of halogens is 2. The molecule has 10 heterocycles. The van der Waals surface area contributed by atoms with Crippen molar-refractivity contribution < 1.29 is 9.53 Å². The molecule has 0 aliphatic carbocycles. The van der Waals surface area contributed by atoms with Crippen molar-refractivity contribution in [3.05, 3.63) is 134 Å². The molecule has 2 aliphatic heterocycles. The molecular weight excluding hydrogens is 876 g/mol. The van der Waals surface area contributed by atoms with Crippen LogP contribution >= 0.6 is 50.2 Å². The second kappa shape index (κ2) is 17.2. The molecule has 1 N–H and O–H groups in total. The number of ether oxygens (including phenoxy) is 1. The number of anilines is 1. The van der Waals surface area contributed by atoms with E-state index in [1.165, 1.54) is 24.5 Å². The molecule has 8 aromatic heterocycles. The number of hydrogen-bond donors (Lipinski definition) is 1. The summed E-state index contributed by atoms with van der Waals surface area (Å²) < 4.78 is 11.4. The number of H-pyrrole nitrogens is 1. The fourth-order valence-electron chi connectivity index (χ4n) is 7.30. The monoisotopic (exact) mass is 912 g/mol. The highest BCUT2D eigenvalue weighted by molar-refractivity contribution is 7.59. The highest BCUT2D eigenvalue weighted by Crippen LogP contribution is 2.40. The van der Waals surface area contributed by atoms with Gasteiger partial charge in [0.25, 0.3) is 11.1 Å². The van der Waals surface area contributed by atoms with Gasteiger partial charge in [0.1, 0.15) is 52.1 Å². The summed E-state index contributed by atoms with van der Waals surface area (Å²) >= 11 is 12.5. The molecule has 2 fully saturated rings. The van der Waals surface area contributed by atoms with Crippen molar-refractivity contribution in [1.29, 1.82) is 5.26 Å². The van der Waals surface area contributed by atoms with Gasteiger partial charge in [-0.2, -0.15) is 42.5 Å². The van der Waals surface area contributed by atoms with Gasteiger partial charge in [-0.15, -0.1) is 0 Å². The van der Waals surface area contributed by atoms with Crippen LogP contribution in [0.4, 0.5) is 10.6 Å². The largest absolute Gasteiger partial charge is 0.444 e. The molecule has 0 spiro atoms. The predicted octanol–water partition coefficient (Wildman–Crippen LogP) is 6.07. The lowest BCUT2D eigenvalue weighted by atomic mass is 10.0. The van der Waals surface area contributed by atoms with Gasteiger partial charge in [-0.05, 0) is 70.0 Å². The van der Waals surface area contributed by atoms with Crippen molar-refractivity contribution in [3.63, 3.8) is 0 Å². The number of fused-ring (bicyclic) bond motifs is 3. The Kier molecular flexibility index (Phi) is 12.1. The summed E-state index contributed by atoms with van der Waals surface area (Å²) in [6, 6.07) is 15.4. The molecule has 2 aliphatic rings. The van der Waals surface area contributed by atoms with E-state index in [0.717, 1.165) is 6.42 Å². The quantitative estimate of drug-likeness (QED) is 0.209. The maximum atomic E-state index is 13.5. The van der Waals surface area contributed by atoms with Crippen LogP contribution in [0.5, 0.6) is 0 Å². The lowest BCUT2D eigenvalue weighted by molar-refractivity contribution is -0.00813. The normalized spacial score (nSPS) is 15.7. The van der Waals surface area contributed by atoms with Gasteiger partial charge in [0, 0.05) is 44.1 Å². The van der Waals surface area contributed by atoms with Crippen molar-refractivity contribution >= 4 is 84.2 Å². The topological polar surface area (TPSA) is 203 Å². The first-order valence-electron chi connectivity index (χ1n) is 18.8. The van der Waals surface area contributed by atoms with Gasteiger partial charge < -0.3 is 14.6 Å². The van der Waals surface area contributed by atoms with E-state index in [0.29, 0.717) is 75.3 Å². The van der Waals surface area contributed by atoms with Crippen LogP contribution in [-0.4, -0.2) is 83.0 Å². The zero-order valence-corrected chi connectivity index (χ0v) is 36.8. The molecule has 18 nitrogen and oxygen atoms in total. The molecular formula is C40H38Cl2N14O4S2. The van der Waals surface area contributed by atoms with Gasteiger partial charge in [-0.1, -0.05) is 35.3 Å².